The van der Waals surface area contributed by atoms with Gasteiger partial charge in [-0.2, -0.15) is 0 Å². The minimum absolute atomic E-state index is 0.0232. The number of para-hydroxylation sites is 1. The van der Waals surface area contributed by atoms with Crippen molar-refractivity contribution in [2.24, 2.45) is 7.05 Å². The average molecular weight is 366 g/mol. The number of amides is 1. The molecule has 0 spiro atoms. The van der Waals surface area contributed by atoms with Crippen molar-refractivity contribution >= 4 is 28.7 Å². The summed E-state index contributed by atoms with van der Waals surface area (Å²) in [5.41, 5.74) is 1.75. The molecule has 1 atom stereocenters. The molecule has 0 saturated carbocycles. The SMILES string of the molecule is COc1cccc([C@@H]2CC(=O)N(c3ccccc3)c3c2sc(=O)n3C)c1. The van der Waals surface area contributed by atoms with Crippen LogP contribution in [0.1, 0.15) is 22.8 Å². The van der Waals surface area contributed by atoms with Crippen LogP contribution in [0.15, 0.2) is 59.4 Å². The van der Waals surface area contributed by atoms with E-state index in [0.717, 1.165) is 21.9 Å². The number of anilines is 2. The van der Waals surface area contributed by atoms with Gasteiger partial charge >= 0.3 is 4.87 Å². The van der Waals surface area contributed by atoms with E-state index >= 15 is 0 Å². The van der Waals surface area contributed by atoms with E-state index < -0.39 is 0 Å². The van der Waals surface area contributed by atoms with Crippen LogP contribution in [0.2, 0.25) is 0 Å². The van der Waals surface area contributed by atoms with E-state index in [2.05, 4.69) is 0 Å². The number of hydrogen-bond donors (Lipinski definition) is 0. The number of benzene rings is 2. The summed E-state index contributed by atoms with van der Waals surface area (Å²) in [6.07, 6.45) is 0.314. The Morgan fingerprint density at radius 2 is 1.85 bits per heavy atom. The van der Waals surface area contributed by atoms with Gasteiger partial charge in [-0.3, -0.25) is 19.1 Å². The Kier molecular flexibility index (Phi) is 4.12. The minimum Gasteiger partial charge on any atom is -0.497 e. The molecule has 6 heteroatoms. The van der Waals surface area contributed by atoms with E-state index in [1.807, 2.05) is 54.6 Å². The van der Waals surface area contributed by atoms with Crippen molar-refractivity contribution in [2.75, 3.05) is 12.0 Å². The molecule has 132 valence electrons. The van der Waals surface area contributed by atoms with Crippen molar-refractivity contribution in [1.29, 1.82) is 0 Å². The van der Waals surface area contributed by atoms with Crippen LogP contribution in [-0.2, 0) is 11.8 Å². The number of hydrogen-bond acceptors (Lipinski definition) is 4. The Morgan fingerprint density at radius 3 is 2.58 bits per heavy atom. The lowest BCUT2D eigenvalue weighted by Gasteiger charge is -2.32. The molecular weight excluding hydrogens is 348 g/mol. The molecule has 5 nitrogen and oxygen atoms in total. The summed E-state index contributed by atoms with van der Waals surface area (Å²) in [6, 6.07) is 17.2. The van der Waals surface area contributed by atoms with Crippen LogP contribution >= 0.6 is 11.3 Å². The normalized spacial score (nSPS) is 16.5. The zero-order valence-electron chi connectivity index (χ0n) is 14.5. The second-order valence-electron chi connectivity index (χ2n) is 6.21. The molecule has 2 aromatic carbocycles. The summed E-state index contributed by atoms with van der Waals surface area (Å²) >= 11 is 1.21. The summed E-state index contributed by atoms with van der Waals surface area (Å²) in [5.74, 6) is 1.23. The summed E-state index contributed by atoms with van der Waals surface area (Å²) in [5, 5.41) is 0. The molecule has 0 unspecified atom stereocenters. The molecule has 0 saturated heterocycles. The number of methoxy groups -OCH3 is 1. The molecular formula is C20H18N2O3S. The quantitative estimate of drug-likeness (QED) is 0.711. The van der Waals surface area contributed by atoms with Crippen molar-refractivity contribution in [2.45, 2.75) is 12.3 Å². The lowest BCUT2D eigenvalue weighted by atomic mass is 9.90. The molecule has 2 heterocycles. The number of aromatic nitrogens is 1. The molecule has 1 amide bonds. The van der Waals surface area contributed by atoms with Gasteiger partial charge in [0.1, 0.15) is 11.6 Å². The maximum atomic E-state index is 13.0. The predicted molar refractivity (Wildman–Crippen MR) is 103 cm³/mol. The van der Waals surface area contributed by atoms with Crippen LogP contribution < -0.4 is 14.5 Å². The van der Waals surface area contributed by atoms with Gasteiger partial charge in [0.15, 0.2) is 0 Å². The number of rotatable bonds is 3. The van der Waals surface area contributed by atoms with E-state index in [0.29, 0.717) is 12.2 Å². The van der Waals surface area contributed by atoms with Gasteiger partial charge < -0.3 is 4.74 Å². The van der Waals surface area contributed by atoms with E-state index in [1.54, 1.807) is 23.6 Å². The first-order chi connectivity index (χ1) is 12.6. The Hall–Kier alpha value is -2.86. The standard InChI is InChI=1S/C20H18N2O3S/c1-21-19-18(26-20(21)24)16(13-7-6-10-15(11-13)25-2)12-17(23)22(19)14-8-4-3-5-9-14/h3-11,16H,12H2,1-2H3/t16-/m0/s1. The summed E-state index contributed by atoms with van der Waals surface area (Å²) in [4.78, 5) is 27.9. The van der Waals surface area contributed by atoms with Crippen LogP contribution in [0.5, 0.6) is 5.75 Å². The van der Waals surface area contributed by atoms with Crippen molar-refractivity contribution in [1.82, 2.24) is 4.57 Å². The molecule has 0 aliphatic carbocycles. The zero-order valence-corrected chi connectivity index (χ0v) is 15.3. The van der Waals surface area contributed by atoms with Crippen LogP contribution in [0.25, 0.3) is 0 Å². The summed E-state index contributed by atoms with van der Waals surface area (Å²) < 4.78 is 6.89. The molecule has 1 aromatic heterocycles. The van der Waals surface area contributed by atoms with E-state index in [9.17, 15) is 9.59 Å². The van der Waals surface area contributed by atoms with Crippen LogP contribution in [0.3, 0.4) is 0 Å². The van der Waals surface area contributed by atoms with Gasteiger partial charge in [0.2, 0.25) is 5.91 Å². The van der Waals surface area contributed by atoms with Gasteiger partial charge in [0, 0.05) is 19.4 Å². The zero-order chi connectivity index (χ0) is 18.3. The molecule has 0 N–H and O–H groups in total. The van der Waals surface area contributed by atoms with Gasteiger partial charge in [0.25, 0.3) is 0 Å². The molecule has 0 fully saturated rings. The van der Waals surface area contributed by atoms with Crippen LogP contribution in [0.4, 0.5) is 11.5 Å². The Labute approximate surface area is 155 Å². The van der Waals surface area contributed by atoms with E-state index in [-0.39, 0.29) is 16.7 Å². The highest BCUT2D eigenvalue weighted by molar-refractivity contribution is 7.10. The topological polar surface area (TPSA) is 51.5 Å². The fourth-order valence-corrected chi connectivity index (χ4v) is 4.49. The Morgan fingerprint density at radius 1 is 1.08 bits per heavy atom. The molecule has 1 aliphatic rings. The average Bonchev–Trinajstić information content (AvgIpc) is 2.97. The van der Waals surface area contributed by atoms with Crippen LogP contribution in [-0.4, -0.2) is 17.6 Å². The molecule has 1 aliphatic heterocycles. The predicted octanol–water partition coefficient (Wildman–Crippen LogP) is 3.66. The molecule has 26 heavy (non-hydrogen) atoms. The van der Waals surface area contributed by atoms with Gasteiger partial charge in [-0.05, 0) is 29.8 Å². The fraction of sp³-hybridized carbons (Fsp3) is 0.200. The lowest BCUT2D eigenvalue weighted by molar-refractivity contribution is -0.118. The van der Waals surface area contributed by atoms with Crippen LogP contribution in [0, 0.1) is 0 Å². The van der Waals surface area contributed by atoms with Gasteiger partial charge in [-0.1, -0.05) is 41.7 Å². The first kappa shape index (κ1) is 16.6. The Bertz CT molecular complexity index is 1020. The van der Waals surface area contributed by atoms with Crippen molar-refractivity contribution in [3.05, 3.63) is 74.7 Å². The number of ether oxygens (including phenoxy) is 1. The van der Waals surface area contributed by atoms with E-state index in [4.69, 9.17) is 4.74 Å². The maximum absolute atomic E-state index is 13.0. The number of nitrogens with zero attached hydrogens (tertiary/aromatic N) is 2. The highest BCUT2D eigenvalue weighted by Crippen LogP contribution is 2.44. The highest BCUT2D eigenvalue weighted by Gasteiger charge is 2.37. The minimum atomic E-state index is -0.147. The monoisotopic (exact) mass is 366 g/mol. The molecule has 0 bridgehead atoms. The highest BCUT2D eigenvalue weighted by atomic mass is 32.1. The smallest absolute Gasteiger partial charge is 0.308 e. The number of carbonyl (C=O) groups excluding carboxylic acids is 1. The number of fused-ring (bicyclic) bond motifs is 1. The second kappa shape index (κ2) is 6.46. The number of carbonyl (C=O) groups is 1. The third-order valence-electron chi connectivity index (χ3n) is 4.68. The molecule has 0 radical (unpaired) electrons. The third kappa shape index (κ3) is 2.63. The van der Waals surface area contributed by atoms with Crippen molar-refractivity contribution in [3.63, 3.8) is 0 Å². The lowest BCUT2D eigenvalue weighted by Crippen LogP contribution is -2.34. The van der Waals surface area contributed by atoms with Crippen molar-refractivity contribution in [3.8, 4) is 5.75 Å². The first-order valence-electron chi connectivity index (χ1n) is 8.32. The molecule has 3 aromatic rings. The fourth-order valence-electron chi connectivity index (χ4n) is 3.39. The summed E-state index contributed by atoms with van der Waals surface area (Å²) in [7, 11) is 3.34. The Balaban J connectivity index is 1.89. The second-order valence-corrected chi connectivity index (χ2v) is 7.21. The molecule has 4 rings (SSSR count). The summed E-state index contributed by atoms with van der Waals surface area (Å²) in [6.45, 7) is 0. The van der Waals surface area contributed by atoms with E-state index in [1.165, 1.54) is 11.3 Å². The number of thiazole rings is 1. The first-order valence-corrected chi connectivity index (χ1v) is 9.13. The van der Waals surface area contributed by atoms with Gasteiger partial charge in [-0.15, -0.1) is 0 Å². The maximum Gasteiger partial charge on any atom is 0.308 e. The van der Waals surface area contributed by atoms with Crippen molar-refractivity contribution < 1.29 is 9.53 Å². The largest absolute Gasteiger partial charge is 0.497 e. The van der Waals surface area contributed by atoms with Gasteiger partial charge in [0.05, 0.1) is 17.7 Å². The third-order valence-corrected chi connectivity index (χ3v) is 5.81. The van der Waals surface area contributed by atoms with Gasteiger partial charge in [-0.25, -0.2) is 0 Å².